The van der Waals surface area contributed by atoms with Crippen molar-refractivity contribution in [2.24, 2.45) is 11.7 Å². The number of carbonyl (C=O) groups excluding carboxylic acids is 2. The van der Waals surface area contributed by atoms with Gasteiger partial charge in [0, 0.05) is 25.6 Å². The normalized spacial score (nSPS) is 13.8. The number of hydrogen-bond donors (Lipinski definition) is 3. The molecule has 0 aliphatic carbocycles. The molecule has 0 rings (SSSR count). The largest absolute Gasteiger partial charge is 0.355 e. The average Bonchev–Trinajstić information content (AvgIpc) is 2.35. The molecule has 0 fully saturated rings. The molecule has 0 bridgehead atoms. The van der Waals surface area contributed by atoms with Crippen molar-refractivity contribution in [1.29, 1.82) is 0 Å². The first-order valence-corrected chi connectivity index (χ1v) is 6.82. The second-order valence-corrected chi connectivity index (χ2v) is 4.64. The van der Waals surface area contributed by atoms with E-state index < -0.39 is 0 Å². The summed E-state index contributed by atoms with van der Waals surface area (Å²) < 4.78 is 0. The summed E-state index contributed by atoms with van der Waals surface area (Å²) in [5.41, 5.74) is 5.54. The molecule has 0 aromatic heterocycles. The highest BCUT2D eigenvalue weighted by atomic mass is 16.2. The fourth-order valence-electron chi connectivity index (χ4n) is 1.60. The number of rotatable bonds is 9. The van der Waals surface area contributed by atoms with Gasteiger partial charge in [-0.2, -0.15) is 0 Å². The van der Waals surface area contributed by atoms with E-state index in [1.807, 2.05) is 20.8 Å². The van der Waals surface area contributed by atoms with Gasteiger partial charge in [-0.25, -0.2) is 0 Å². The predicted octanol–water partition coefficient (Wildman–Crippen LogP) is 0.782. The zero-order valence-electron chi connectivity index (χ0n) is 11.8. The Morgan fingerprint density at radius 1 is 1.28 bits per heavy atom. The molecule has 2 amide bonds. The molecule has 106 valence electrons. The Morgan fingerprint density at radius 2 is 1.94 bits per heavy atom. The number of nitrogens with two attached hydrogens (primary N) is 1. The van der Waals surface area contributed by atoms with Crippen LogP contribution in [-0.4, -0.2) is 30.9 Å². The van der Waals surface area contributed by atoms with Crippen LogP contribution in [0.25, 0.3) is 0 Å². The minimum atomic E-state index is -0.132. The van der Waals surface area contributed by atoms with Gasteiger partial charge < -0.3 is 16.4 Å². The van der Waals surface area contributed by atoms with Crippen LogP contribution in [0.5, 0.6) is 0 Å². The van der Waals surface area contributed by atoms with Crippen LogP contribution in [0.2, 0.25) is 0 Å². The standard InChI is InChI=1S/C13H27N3O2/c1-4-6-11(9-14)13(18)15-8-7-12(17)16-10(3)5-2/h10-11H,4-9,14H2,1-3H3,(H,15,18)(H,16,17). The van der Waals surface area contributed by atoms with E-state index >= 15 is 0 Å². The van der Waals surface area contributed by atoms with Gasteiger partial charge in [-0.05, 0) is 19.8 Å². The quantitative estimate of drug-likeness (QED) is 0.571. The van der Waals surface area contributed by atoms with Gasteiger partial charge in [-0.3, -0.25) is 9.59 Å². The van der Waals surface area contributed by atoms with Gasteiger partial charge in [-0.15, -0.1) is 0 Å². The summed E-state index contributed by atoms with van der Waals surface area (Å²) in [6.07, 6.45) is 2.95. The molecule has 0 saturated heterocycles. The van der Waals surface area contributed by atoms with Crippen molar-refractivity contribution in [1.82, 2.24) is 10.6 Å². The van der Waals surface area contributed by atoms with Crippen molar-refractivity contribution < 1.29 is 9.59 Å². The SMILES string of the molecule is CCCC(CN)C(=O)NCCC(=O)NC(C)CC. The van der Waals surface area contributed by atoms with Gasteiger partial charge in [0.15, 0.2) is 0 Å². The minimum absolute atomic E-state index is 0.0237. The lowest BCUT2D eigenvalue weighted by atomic mass is 10.0. The molecule has 18 heavy (non-hydrogen) atoms. The number of hydrogen-bond acceptors (Lipinski definition) is 3. The Kier molecular flexibility index (Phi) is 9.28. The molecule has 2 atom stereocenters. The molecule has 0 aliphatic heterocycles. The van der Waals surface area contributed by atoms with Gasteiger partial charge >= 0.3 is 0 Å². The summed E-state index contributed by atoms with van der Waals surface area (Å²) in [6.45, 7) is 6.74. The third-order valence-electron chi connectivity index (χ3n) is 2.96. The van der Waals surface area contributed by atoms with E-state index in [9.17, 15) is 9.59 Å². The summed E-state index contributed by atoms with van der Waals surface area (Å²) in [4.78, 5) is 23.2. The van der Waals surface area contributed by atoms with Crippen LogP contribution in [0.3, 0.4) is 0 Å². The second kappa shape index (κ2) is 9.88. The molecule has 0 spiro atoms. The molecule has 4 N–H and O–H groups in total. The van der Waals surface area contributed by atoms with E-state index in [1.165, 1.54) is 0 Å². The first-order chi connectivity index (χ1) is 8.54. The van der Waals surface area contributed by atoms with Crippen molar-refractivity contribution in [2.45, 2.75) is 52.5 Å². The highest BCUT2D eigenvalue weighted by Crippen LogP contribution is 2.04. The maximum Gasteiger partial charge on any atom is 0.224 e. The topological polar surface area (TPSA) is 84.2 Å². The van der Waals surface area contributed by atoms with Gasteiger partial charge in [-0.1, -0.05) is 20.3 Å². The molecule has 0 aromatic rings. The lowest BCUT2D eigenvalue weighted by Crippen LogP contribution is -2.38. The third kappa shape index (κ3) is 7.27. The fraction of sp³-hybridized carbons (Fsp3) is 0.846. The third-order valence-corrected chi connectivity index (χ3v) is 2.96. The lowest BCUT2D eigenvalue weighted by Gasteiger charge is -2.14. The average molecular weight is 257 g/mol. The summed E-state index contributed by atoms with van der Waals surface area (Å²) in [6, 6.07) is 0.185. The van der Waals surface area contributed by atoms with Crippen LogP contribution < -0.4 is 16.4 Å². The maximum atomic E-state index is 11.7. The molecule has 5 heteroatoms. The first kappa shape index (κ1) is 16.9. The predicted molar refractivity (Wildman–Crippen MR) is 73.0 cm³/mol. The highest BCUT2D eigenvalue weighted by Gasteiger charge is 2.15. The Morgan fingerprint density at radius 3 is 2.44 bits per heavy atom. The molecule has 2 unspecified atom stereocenters. The zero-order valence-corrected chi connectivity index (χ0v) is 11.8. The minimum Gasteiger partial charge on any atom is -0.355 e. The molecule has 0 saturated carbocycles. The van der Waals surface area contributed by atoms with Crippen LogP contribution in [0, 0.1) is 5.92 Å². The van der Waals surface area contributed by atoms with Crippen LogP contribution >= 0.6 is 0 Å². The Hall–Kier alpha value is -1.10. The van der Waals surface area contributed by atoms with Gasteiger partial charge in [0.2, 0.25) is 11.8 Å². The van der Waals surface area contributed by atoms with Crippen molar-refractivity contribution in [3.05, 3.63) is 0 Å². The van der Waals surface area contributed by atoms with Crippen molar-refractivity contribution in [3.63, 3.8) is 0 Å². The maximum absolute atomic E-state index is 11.7. The summed E-state index contributed by atoms with van der Waals surface area (Å²) in [7, 11) is 0. The Bertz CT molecular complexity index is 257. The van der Waals surface area contributed by atoms with Crippen molar-refractivity contribution in [3.8, 4) is 0 Å². The molecule has 0 aromatic carbocycles. The molecular formula is C13H27N3O2. The van der Waals surface area contributed by atoms with E-state index in [0.717, 1.165) is 19.3 Å². The second-order valence-electron chi connectivity index (χ2n) is 4.64. The summed E-state index contributed by atoms with van der Waals surface area (Å²) in [5.74, 6) is -0.201. The van der Waals surface area contributed by atoms with E-state index in [2.05, 4.69) is 10.6 Å². The van der Waals surface area contributed by atoms with Gasteiger partial charge in [0.25, 0.3) is 0 Å². The Labute approximate surface area is 110 Å². The first-order valence-electron chi connectivity index (χ1n) is 6.82. The van der Waals surface area contributed by atoms with Crippen molar-refractivity contribution in [2.75, 3.05) is 13.1 Å². The lowest BCUT2D eigenvalue weighted by molar-refractivity contribution is -0.125. The monoisotopic (exact) mass is 257 g/mol. The summed E-state index contributed by atoms with van der Waals surface area (Å²) >= 11 is 0. The number of carbonyl (C=O) groups is 2. The van der Waals surface area contributed by atoms with Crippen molar-refractivity contribution >= 4 is 11.8 Å². The van der Waals surface area contributed by atoms with E-state index in [1.54, 1.807) is 0 Å². The molecule has 5 nitrogen and oxygen atoms in total. The molecular weight excluding hydrogens is 230 g/mol. The number of nitrogens with one attached hydrogen (secondary N) is 2. The fourth-order valence-corrected chi connectivity index (χ4v) is 1.60. The van der Waals surface area contributed by atoms with Gasteiger partial charge in [0.1, 0.15) is 0 Å². The van der Waals surface area contributed by atoms with Crippen LogP contribution in [0.1, 0.15) is 46.5 Å². The Balaban J connectivity index is 3.82. The van der Waals surface area contributed by atoms with Gasteiger partial charge in [0.05, 0.1) is 5.92 Å². The zero-order chi connectivity index (χ0) is 14.0. The number of amides is 2. The van der Waals surface area contributed by atoms with E-state index in [0.29, 0.717) is 19.5 Å². The smallest absolute Gasteiger partial charge is 0.224 e. The van der Waals surface area contributed by atoms with E-state index in [-0.39, 0.29) is 23.8 Å². The van der Waals surface area contributed by atoms with Crippen LogP contribution in [0.15, 0.2) is 0 Å². The summed E-state index contributed by atoms with van der Waals surface area (Å²) in [5, 5.41) is 5.62. The molecule has 0 radical (unpaired) electrons. The molecule has 0 heterocycles. The van der Waals surface area contributed by atoms with E-state index in [4.69, 9.17) is 5.73 Å². The van der Waals surface area contributed by atoms with Crippen LogP contribution in [-0.2, 0) is 9.59 Å². The highest BCUT2D eigenvalue weighted by molar-refractivity contribution is 5.80. The molecule has 0 aliphatic rings. The van der Waals surface area contributed by atoms with Crippen LogP contribution in [0.4, 0.5) is 0 Å².